The van der Waals surface area contributed by atoms with Gasteiger partial charge in [-0.3, -0.25) is 14.5 Å². The zero-order valence-corrected chi connectivity index (χ0v) is 17.9. The van der Waals surface area contributed by atoms with Crippen molar-refractivity contribution in [2.75, 3.05) is 26.3 Å². The van der Waals surface area contributed by atoms with E-state index >= 15 is 0 Å². The number of rotatable bonds is 9. The van der Waals surface area contributed by atoms with Gasteiger partial charge >= 0.3 is 6.03 Å². The number of nitrogens with zero attached hydrogens (tertiary/aromatic N) is 1. The van der Waals surface area contributed by atoms with Crippen molar-refractivity contribution in [3.63, 3.8) is 0 Å². The van der Waals surface area contributed by atoms with Gasteiger partial charge < -0.3 is 20.1 Å². The number of amides is 4. The van der Waals surface area contributed by atoms with Gasteiger partial charge in [0.25, 0.3) is 5.91 Å². The molecule has 0 aliphatic carbocycles. The first-order valence-electron chi connectivity index (χ1n) is 10.2. The minimum Gasteiger partial charge on any atom is -0.494 e. The van der Waals surface area contributed by atoms with Crippen molar-refractivity contribution in [1.82, 2.24) is 15.5 Å². The zero-order chi connectivity index (χ0) is 22.4. The van der Waals surface area contributed by atoms with Crippen LogP contribution in [0.5, 0.6) is 11.5 Å². The first-order valence-corrected chi connectivity index (χ1v) is 10.2. The summed E-state index contributed by atoms with van der Waals surface area (Å²) in [5, 5.41) is 5.39. The Balaban J connectivity index is 1.49. The maximum absolute atomic E-state index is 12.9. The number of hydrogen-bond acceptors (Lipinski definition) is 5. The van der Waals surface area contributed by atoms with Crippen molar-refractivity contribution in [2.45, 2.75) is 26.3 Å². The van der Waals surface area contributed by atoms with Crippen LogP contribution in [0.15, 0.2) is 48.5 Å². The summed E-state index contributed by atoms with van der Waals surface area (Å²) in [5.74, 6) is 0.524. The number of hydrogen-bond donors (Lipinski definition) is 2. The highest BCUT2D eigenvalue weighted by Gasteiger charge is 2.49. The molecule has 0 aromatic heterocycles. The van der Waals surface area contributed by atoms with Crippen molar-refractivity contribution in [3.8, 4) is 11.5 Å². The van der Waals surface area contributed by atoms with Gasteiger partial charge in [0.1, 0.15) is 30.2 Å². The number of carbonyl (C=O) groups excluding carboxylic acids is 3. The van der Waals surface area contributed by atoms with Crippen molar-refractivity contribution in [1.29, 1.82) is 0 Å². The molecular weight excluding hydrogens is 398 g/mol. The quantitative estimate of drug-likeness (QED) is 0.475. The summed E-state index contributed by atoms with van der Waals surface area (Å²) in [4.78, 5) is 38.5. The Morgan fingerprint density at radius 1 is 1.06 bits per heavy atom. The SMILES string of the molecule is CCOc1ccc(OCCNC(=O)CN2C(=O)NC(C)(c3ccccc3C)C2=O)cc1. The van der Waals surface area contributed by atoms with E-state index < -0.39 is 23.4 Å². The van der Waals surface area contributed by atoms with E-state index in [0.717, 1.165) is 16.2 Å². The number of benzene rings is 2. The van der Waals surface area contributed by atoms with Gasteiger partial charge in [-0.2, -0.15) is 0 Å². The molecule has 1 atom stereocenters. The van der Waals surface area contributed by atoms with Crippen LogP contribution in [0.4, 0.5) is 4.79 Å². The average Bonchev–Trinajstić information content (AvgIpc) is 2.96. The van der Waals surface area contributed by atoms with E-state index in [1.54, 1.807) is 37.3 Å². The molecule has 1 heterocycles. The van der Waals surface area contributed by atoms with Gasteiger partial charge in [-0.25, -0.2) is 4.79 Å². The maximum atomic E-state index is 12.9. The second-order valence-electron chi connectivity index (χ2n) is 7.36. The molecule has 4 amide bonds. The summed E-state index contributed by atoms with van der Waals surface area (Å²) in [5.41, 5.74) is 0.399. The Morgan fingerprint density at radius 3 is 2.35 bits per heavy atom. The highest BCUT2D eigenvalue weighted by atomic mass is 16.5. The molecule has 1 unspecified atom stereocenters. The van der Waals surface area contributed by atoms with Gasteiger partial charge in [0.2, 0.25) is 5.91 Å². The molecule has 8 heteroatoms. The second-order valence-corrected chi connectivity index (χ2v) is 7.36. The standard InChI is InChI=1S/C23H27N3O5/c1-4-30-17-9-11-18(12-10-17)31-14-13-24-20(27)15-26-21(28)23(3,25-22(26)29)19-8-6-5-7-16(19)2/h5-12H,4,13-15H2,1-3H3,(H,24,27)(H,25,29). The van der Waals surface area contributed by atoms with Crippen molar-refractivity contribution in [3.05, 3.63) is 59.7 Å². The van der Waals surface area contributed by atoms with Crippen LogP contribution in [-0.2, 0) is 15.1 Å². The molecule has 1 fully saturated rings. The Labute approximate surface area is 181 Å². The van der Waals surface area contributed by atoms with Gasteiger partial charge in [0.15, 0.2) is 0 Å². The molecule has 2 N–H and O–H groups in total. The third kappa shape index (κ3) is 4.96. The second kappa shape index (κ2) is 9.51. The van der Waals surface area contributed by atoms with Gasteiger partial charge in [-0.1, -0.05) is 24.3 Å². The fourth-order valence-corrected chi connectivity index (χ4v) is 3.51. The molecule has 0 bridgehead atoms. The van der Waals surface area contributed by atoms with Gasteiger partial charge in [0, 0.05) is 0 Å². The van der Waals surface area contributed by atoms with Gasteiger partial charge in [-0.05, 0) is 56.2 Å². The summed E-state index contributed by atoms with van der Waals surface area (Å²) in [6.07, 6.45) is 0. The molecule has 0 radical (unpaired) electrons. The number of ether oxygens (including phenoxy) is 2. The molecule has 1 aliphatic rings. The maximum Gasteiger partial charge on any atom is 0.325 e. The van der Waals surface area contributed by atoms with E-state index in [1.807, 2.05) is 32.0 Å². The molecular formula is C23H27N3O5. The Kier molecular flexibility index (Phi) is 6.79. The molecule has 0 spiro atoms. The number of urea groups is 1. The minimum atomic E-state index is -1.19. The minimum absolute atomic E-state index is 0.241. The monoisotopic (exact) mass is 425 g/mol. The van der Waals surface area contributed by atoms with Crippen molar-refractivity contribution < 1.29 is 23.9 Å². The molecule has 1 saturated heterocycles. The number of imide groups is 1. The zero-order valence-electron chi connectivity index (χ0n) is 17.9. The van der Waals surface area contributed by atoms with E-state index in [4.69, 9.17) is 9.47 Å². The van der Waals surface area contributed by atoms with E-state index in [-0.39, 0.29) is 19.7 Å². The molecule has 2 aromatic rings. The average molecular weight is 425 g/mol. The van der Waals surface area contributed by atoms with E-state index in [1.165, 1.54) is 0 Å². The fraction of sp³-hybridized carbons (Fsp3) is 0.348. The third-order valence-electron chi connectivity index (χ3n) is 5.09. The number of carbonyl (C=O) groups is 3. The molecule has 3 rings (SSSR count). The Morgan fingerprint density at radius 2 is 1.71 bits per heavy atom. The van der Waals surface area contributed by atoms with E-state index in [9.17, 15) is 14.4 Å². The number of nitrogens with one attached hydrogen (secondary N) is 2. The highest BCUT2D eigenvalue weighted by molar-refractivity contribution is 6.09. The molecule has 1 aliphatic heterocycles. The molecule has 0 saturated carbocycles. The van der Waals surface area contributed by atoms with Crippen LogP contribution < -0.4 is 20.1 Å². The fourth-order valence-electron chi connectivity index (χ4n) is 3.51. The lowest BCUT2D eigenvalue weighted by Crippen LogP contribution is -2.44. The predicted octanol–water partition coefficient (Wildman–Crippen LogP) is 2.36. The summed E-state index contributed by atoms with van der Waals surface area (Å²) in [6, 6.07) is 13.9. The van der Waals surface area contributed by atoms with Crippen LogP contribution in [0, 0.1) is 6.92 Å². The summed E-state index contributed by atoms with van der Waals surface area (Å²) < 4.78 is 10.9. The van der Waals surface area contributed by atoms with Crippen LogP contribution in [0.25, 0.3) is 0 Å². The molecule has 2 aromatic carbocycles. The van der Waals surface area contributed by atoms with Gasteiger partial charge in [0.05, 0.1) is 13.2 Å². The smallest absolute Gasteiger partial charge is 0.325 e. The third-order valence-corrected chi connectivity index (χ3v) is 5.09. The number of aryl methyl sites for hydroxylation is 1. The normalized spacial score (nSPS) is 18.0. The van der Waals surface area contributed by atoms with Crippen LogP contribution in [0.2, 0.25) is 0 Å². The van der Waals surface area contributed by atoms with Crippen molar-refractivity contribution in [2.24, 2.45) is 0 Å². The summed E-state index contributed by atoms with van der Waals surface area (Å²) in [7, 11) is 0. The van der Waals surface area contributed by atoms with Crippen LogP contribution in [0.1, 0.15) is 25.0 Å². The first kappa shape index (κ1) is 22.1. The molecule has 31 heavy (non-hydrogen) atoms. The largest absolute Gasteiger partial charge is 0.494 e. The Bertz CT molecular complexity index is 960. The predicted molar refractivity (Wildman–Crippen MR) is 115 cm³/mol. The molecule has 164 valence electrons. The van der Waals surface area contributed by atoms with E-state index in [2.05, 4.69) is 10.6 Å². The summed E-state index contributed by atoms with van der Waals surface area (Å²) >= 11 is 0. The lowest BCUT2D eigenvalue weighted by atomic mass is 9.88. The highest BCUT2D eigenvalue weighted by Crippen LogP contribution is 2.30. The lowest BCUT2D eigenvalue weighted by Gasteiger charge is -2.24. The first-order chi connectivity index (χ1) is 14.8. The van der Waals surface area contributed by atoms with Crippen LogP contribution >= 0.6 is 0 Å². The van der Waals surface area contributed by atoms with Crippen LogP contribution in [-0.4, -0.2) is 49.0 Å². The van der Waals surface area contributed by atoms with Crippen LogP contribution in [0.3, 0.4) is 0 Å². The summed E-state index contributed by atoms with van der Waals surface area (Å²) in [6.45, 7) is 6.17. The Hall–Kier alpha value is -3.55. The van der Waals surface area contributed by atoms with Gasteiger partial charge in [-0.15, -0.1) is 0 Å². The topological polar surface area (TPSA) is 97.0 Å². The molecule has 8 nitrogen and oxygen atoms in total. The van der Waals surface area contributed by atoms with E-state index in [0.29, 0.717) is 17.9 Å². The van der Waals surface area contributed by atoms with Crippen molar-refractivity contribution >= 4 is 17.8 Å². The lowest BCUT2D eigenvalue weighted by molar-refractivity contribution is -0.134.